The molecule has 6 heteroatoms. The average molecular weight is 278 g/mol. The first-order valence-electron chi connectivity index (χ1n) is 6.33. The van der Waals surface area contributed by atoms with Crippen LogP contribution in [0.5, 0.6) is 0 Å². The zero-order chi connectivity index (χ0) is 14.9. The van der Waals surface area contributed by atoms with Gasteiger partial charge in [-0.05, 0) is 26.0 Å². The number of benzene rings is 1. The number of fused-ring (bicyclic) bond motifs is 1. The van der Waals surface area contributed by atoms with E-state index in [0.717, 1.165) is 0 Å². The van der Waals surface area contributed by atoms with Crippen LogP contribution in [-0.2, 0) is 11.3 Å². The van der Waals surface area contributed by atoms with Crippen molar-refractivity contribution in [3.8, 4) is 0 Å². The monoisotopic (exact) mass is 278 g/mol. The minimum atomic E-state index is -0.680. The highest BCUT2D eigenvalue weighted by Crippen LogP contribution is 2.14. The summed E-state index contributed by atoms with van der Waals surface area (Å²) in [6.45, 7) is 3.23. The van der Waals surface area contributed by atoms with Crippen LogP contribution in [0, 0.1) is 0 Å². The van der Waals surface area contributed by atoms with Gasteiger partial charge in [-0.2, -0.15) is 0 Å². The van der Waals surface area contributed by atoms with Gasteiger partial charge in [-0.3, -0.25) is 9.36 Å². The number of hydrogen-bond donors (Lipinski definition) is 1. The molecule has 0 radical (unpaired) electrons. The highest BCUT2D eigenvalue weighted by molar-refractivity contribution is 5.79. The van der Waals surface area contributed by atoms with Crippen LogP contribution in [0.2, 0.25) is 0 Å². The standard InChI is InChI=1S/C14H18N2O4/c1-14(2,9-17)15(3)12(18)8-16-10-6-4-5-7-11(10)20-13(16)19/h4-7,17H,8-9H2,1-3H3. The molecule has 0 spiro atoms. The van der Waals surface area contributed by atoms with Crippen molar-refractivity contribution in [2.75, 3.05) is 13.7 Å². The summed E-state index contributed by atoms with van der Waals surface area (Å²) < 4.78 is 6.37. The maximum absolute atomic E-state index is 12.2. The van der Waals surface area contributed by atoms with Crippen LogP contribution in [0.4, 0.5) is 0 Å². The van der Waals surface area contributed by atoms with Gasteiger partial charge in [0, 0.05) is 7.05 Å². The summed E-state index contributed by atoms with van der Waals surface area (Å²) in [6, 6.07) is 6.95. The molecule has 1 heterocycles. The Kier molecular flexibility index (Phi) is 3.67. The quantitative estimate of drug-likeness (QED) is 0.898. The molecular weight excluding hydrogens is 260 g/mol. The second-order valence-corrected chi connectivity index (χ2v) is 5.35. The van der Waals surface area contributed by atoms with Gasteiger partial charge in [-0.1, -0.05) is 12.1 Å². The van der Waals surface area contributed by atoms with E-state index in [1.54, 1.807) is 45.2 Å². The topological polar surface area (TPSA) is 75.7 Å². The van der Waals surface area contributed by atoms with E-state index in [4.69, 9.17) is 4.42 Å². The molecule has 0 bridgehead atoms. The molecule has 0 atom stereocenters. The maximum atomic E-state index is 12.2. The molecule has 0 aliphatic carbocycles. The van der Waals surface area contributed by atoms with E-state index in [-0.39, 0.29) is 19.1 Å². The van der Waals surface area contributed by atoms with Crippen LogP contribution in [0.1, 0.15) is 13.8 Å². The van der Waals surface area contributed by atoms with Gasteiger partial charge in [0.2, 0.25) is 5.91 Å². The van der Waals surface area contributed by atoms with Crippen molar-refractivity contribution in [1.29, 1.82) is 0 Å². The fourth-order valence-corrected chi connectivity index (χ4v) is 1.85. The molecule has 0 saturated carbocycles. The summed E-state index contributed by atoms with van der Waals surface area (Å²) in [6.07, 6.45) is 0. The Hall–Kier alpha value is -2.08. The van der Waals surface area contributed by atoms with E-state index in [2.05, 4.69) is 0 Å². The molecule has 0 fully saturated rings. The molecule has 0 aliphatic heterocycles. The minimum Gasteiger partial charge on any atom is -0.408 e. The van der Waals surface area contributed by atoms with Crippen molar-refractivity contribution in [2.45, 2.75) is 25.9 Å². The number of para-hydroxylation sites is 2. The molecule has 1 amide bonds. The molecule has 108 valence electrons. The SMILES string of the molecule is CN(C(=O)Cn1c(=O)oc2ccccc21)C(C)(C)CO. The van der Waals surface area contributed by atoms with Gasteiger partial charge in [-0.25, -0.2) is 4.79 Å². The van der Waals surface area contributed by atoms with Gasteiger partial charge in [-0.15, -0.1) is 0 Å². The Morgan fingerprint density at radius 2 is 2.05 bits per heavy atom. The van der Waals surface area contributed by atoms with Gasteiger partial charge in [0.15, 0.2) is 5.58 Å². The molecule has 0 saturated heterocycles. The van der Waals surface area contributed by atoms with Crippen molar-refractivity contribution in [1.82, 2.24) is 9.47 Å². The third-order valence-corrected chi connectivity index (χ3v) is 3.54. The van der Waals surface area contributed by atoms with Crippen molar-refractivity contribution in [3.63, 3.8) is 0 Å². The number of amides is 1. The number of aromatic nitrogens is 1. The number of nitrogens with zero attached hydrogens (tertiary/aromatic N) is 2. The number of carbonyl (C=O) groups excluding carboxylic acids is 1. The summed E-state index contributed by atoms with van der Waals surface area (Å²) >= 11 is 0. The first-order chi connectivity index (χ1) is 9.36. The van der Waals surface area contributed by atoms with Crippen molar-refractivity contribution in [3.05, 3.63) is 34.8 Å². The Morgan fingerprint density at radius 3 is 2.70 bits per heavy atom. The lowest BCUT2D eigenvalue weighted by molar-refractivity contribution is -0.136. The van der Waals surface area contributed by atoms with Crippen LogP contribution >= 0.6 is 0 Å². The van der Waals surface area contributed by atoms with Gasteiger partial charge in [0.1, 0.15) is 6.54 Å². The number of oxazole rings is 1. The van der Waals surface area contributed by atoms with Crippen LogP contribution < -0.4 is 5.76 Å². The van der Waals surface area contributed by atoms with E-state index in [1.807, 2.05) is 0 Å². The van der Waals surface area contributed by atoms with Crippen LogP contribution in [0.15, 0.2) is 33.5 Å². The lowest BCUT2D eigenvalue weighted by atomic mass is 10.1. The molecular formula is C14H18N2O4. The van der Waals surface area contributed by atoms with E-state index in [0.29, 0.717) is 11.1 Å². The normalized spacial score (nSPS) is 11.8. The molecule has 20 heavy (non-hydrogen) atoms. The average Bonchev–Trinajstić information content (AvgIpc) is 2.74. The fourth-order valence-electron chi connectivity index (χ4n) is 1.85. The van der Waals surface area contributed by atoms with Crippen LogP contribution in [0.3, 0.4) is 0 Å². The number of hydrogen-bond acceptors (Lipinski definition) is 4. The van der Waals surface area contributed by atoms with Crippen molar-refractivity contribution < 1.29 is 14.3 Å². The predicted molar refractivity (Wildman–Crippen MR) is 74.4 cm³/mol. The zero-order valence-electron chi connectivity index (χ0n) is 11.8. The van der Waals surface area contributed by atoms with Gasteiger partial charge in [0.05, 0.1) is 17.7 Å². The highest BCUT2D eigenvalue weighted by Gasteiger charge is 2.27. The third-order valence-electron chi connectivity index (χ3n) is 3.54. The molecule has 2 rings (SSSR count). The Labute approximate surface area is 116 Å². The molecule has 1 N–H and O–H groups in total. The number of aliphatic hydroxyl groups excluding tert-OH is 1. The number of carbonyl (C=O) groups is 1. The van der Waals surface area contributed by atoms with Gasteiger partial charge in [0.25, 0.3) is 0 Å². The lowest BCUT2D eigenvalue weighted by Crippen LogP contribution is -2.49. The fraction of sp³-hybridized carbons (Fsp3) is 0.429. The Balaban J connectivity index is 2.31. The molecule has 0 unspecified atom stereocenters. The largest absolute Gasteiger partial charge is 0.420 e. The maximum Gasteiger partial charge on any atom is 0.420 e. The molecule has 0 aliphatic rings. The van der Waals surface area contributed by atoms with Crippen LogP contribution in [-0.4, -0.2) is 39.7 Å². The Bertz CT molecular complexity index is 684. The third kappa shape index (κ3) is 2.46. The molecule has 6 nitrogen and oxygen atoms in total. The predicted octanol–water partition coefficient (Wildman–Crippen LogP) is 0.824. The number of aliphatic hydroxyl groups is 1. The van der Waals surface area contributed by atoms with Crippen molar-refractivity contribution in [2.24, 2.45) is 0 Å². The second-order valence-electron chi connectivity index (χ2n) is 5.35. The van der Waals surface area contributed by atoms with Crippen molar-refractivity contribution >= 4 is 17.0 Å². The Morgan fingerprint density at radius 1 is 1.40 bits per heavy atom. The van der Waals surface area contributed by atoms with Gasteiger partial charge >= 0.3 is 5.76 Å². The summed E-state index contributed by atoms with van der Waals surface area (Å²) in [5.74, 6) is -0.826. The summed E-state index contributed by atoms with van der Waals surface area (Å²) in [7, 11) is 1.60. The van der Waals surface area contributed by atoms with E-state index in [9.17, 15) is 14.7 Å². The smallest absolute Gasteiger partial charge is 0.408 e. The second kappa shape index (κ2) is 5.13. The summed E-state index contributed by atoms with van der Waals surface area (Å²) in [4.78, 5) is 25.4. The van der Waals surface area contributed by atoms with E-state index >= 15 is 0 Å². The minimum absolute atomic E-state index is 0.115. The van der Waals surface area contributed by atoms with E-state index < -0.39 is 11.3 Å². The number of likely N-dealkylation sites (N-methyl/N-ethyl adjacent to an activating group) is 1. The van der Waals surface area contributed by atoms with Gasteiger partial charge < -0.3 is 14.4 Å². The molecule has 2 aromatic rings. The van der Waals surface area contributed by atoms with Crippen LogP contribution in [0.25, 0.3) is 11.1 Å². The summed E-state index contributed by atoms with van der Waals surface area (Å²) in [5.41, 5.74) is 0.357. The lowest BCUT2D eigenvalue weighted by Gasteiger charge is -2.33. The zero-order valence-corrected chi connectivity index (χ0v) is 11.8. The first kappa shape index (κ1) is 14.3. The summed E-state index contributed by atoms with van der Waals surface area (Å²) in [5, 5.41) is 9.28. The first-order valence-corrected chi connectivity index (χ1v) is 6.33. The highest BCUT2D eigenvalue weighted by atomic mass is 16.4. The molecule has 1 aromatic carbocycles. The van der Waals surface area contributed by atoms with E-state index in [1.165, 1.54) is 9.47 Å². The molecule has 1 aromatic heterocycles. The number of rotatable bonds is 4.